The van der Waals surface area contributed by atoms with Gasteiger partial charge in [0.15, 0.2) is 0 Å². The first kappa shape index (κ1) is 24.1. The average molecular weight is 424 g/mol. The van der Waals surface area contributed by atoms with E-state index in [1.165, 1.54) is 12.1 Å². The van der Waals surface area contributed by atoms with Gasteiger partial charge in [0.2, 0.25) is 5.91 Å². The molecule has 0 spiro atoms. The first-order chi connectivity index (χ1) is 11.9. The molecule has 4 nitrogen and oxygen atoms in total. The average Bonchev–Trinajstić information content (AvgIpc) is 3.05. The van der Waals surface area contributed by atoms with E-state index in [1.807, 2.05) is 11.8 Å². The van der Waals surface area contributed by atoms with Crippen molar-refractivity contribution < 1.29 is 13.6 Å². The molecule has 8 heteroatoms. The van der Waals surface area contributed by atoms with Crippen LogP contribution in [0.25, 0.3) is 0 Å². The molecule has 1 aromatic carbocycles. The van der Waals surface area contributed by atoms with Crippen molar-refractivity contribution in [1.29, 1.82) is 0 Å². The van der Waals surface area contributed by atoms with E-state index < -0.39 is 17.2 Å². The Morgan fingerprint density at radius 3 is 2.26 bits per heavy atom. The third-order valence-electron chi connectivity index (χ3n) is 5.67. The molecule has 3 rings (SSSR count). The normalized spacial score (nSPS) is 20.5. The van der Waals surface area contributed by atoms with Gasteiger partial charge >= 0.3 is 0 Å². The van der Waals surface area contributed by atoms with Crippen LogP contribution in [0.2, 0.25) is 0 Å². The zero-order valence-electron chi connectivity index (χ0n) is 15.6. The van der Waals surface area contributed by atoms with Crippen LogP contribution in [0.4, 0.5) is 8.78 Å². The third-order valence-corrected chi connectivity index (χ3v) is 5.67. The molecular formula is C19H29Cl2F2N3O. The third kappa shape index (κ3) is 5.11. The fraction of sp³-hybridized carbons (Fsp3) is 0.632. The molecule has 2 N–H and O–H groups in total. The summed E-state index contributed by atoms with van der Waals surface area (Å²) in [7, 11) is 0. The van der Waals surface area contributed by atoms with Crippen molar-refractivity contribution in [2.45, 2.75) is 50.6 Å². The Morgan fingerprint density at radius 2 is 1.74 bits per heavy atom. The lowest BCUT2D eigenvalue weighted by Crippen LogP contribution is -2.58. The van der Waals surface area contributed by atoms with Gasteiger partial charge in [-0.3, -0.25) is 9.69 Å². The number of hydrogen-bond acceptors (Lipinski definition) is 3. The minimum atomic E-state index is -0.685. The van der Waals surface area contributed by atoms with Gasteiger partial charge in [-0.25, -0.2) is 8.78 Å². The fourth-order valence-electron chi connectivity index (χ4n) is 4.22. The molecule has 0 bridgehead atoms. The molecule has 1 aliphatic heterocycles. The first-order valence-corrected chi connectivity index (χ1v) is 9.22. The van der Waals surface area contributed by atoms with Crippen molar-refractivity contribution in [2.24, 2.45) is 5.73 Å². The van der Waals surface area contributed by atoms with Gasteiger partial charge in [-0.1, -0.05) is 25.8 Å². The van der Waals surface area contributed by atoms with E-state index in [-0.39, 0.29) is 36.8 Å². The maximum Gasteiger partial charge on any atom is 0.242 e. The molecule has 1 saturated heterocycles. The Kier molecular flexibility index (Phi) is 8.93. The van der Waals surface area contributed by atoms with E-state index in [2.05, 4.69) is 4.90 Å². The molecule has 1 saturated carbocycles. The molecule has 27 heavy (non-hydrogen) atoms. The lowest BCUT2D eigenvalue weighted by atomic mass is 9.96. The number of carbonyl (C=O) groups excluding carboxylic acids is 1. The molecule has 1 unspecified atom stereocenters. The molecule has 2 fully saturated rings. The molecule has 1 aromatic rings. The van der Waals surface area contributed by atoms with E-state index >= 15 is 0 Å². The van der Waals surface area contributed by atoms with Crippen LogP contribution in [0.3, 0.4) is 0 Å². The molecule has 1 aliphatic carbocycles. The summed E-state index contributed by atoms with van der Waals surface area (Å²) in [5.41, 5.74) is 6.13. The standard InChI is InChI=1S/C19H27F2N3O.2ClH/c1-2-17(15-6-5-14(20)13-16(15)21)23-9-11-24(12-10-23)18(25)19(22)7-3-4-8-19;;/h5-6,13,17H,2-4,7-12,22H2,1H3;2*1H. The van der Waals surface area contributed by atoms with E-state index in [0.29, 0.717) is 31.7 Å². The van der Waals surface area contributed by atoms with Gasteiger partial charge in [0, 0.05) is 43.9 Å². The summed E-state index contributed by atoms with van der Waals surface area (Å²) >= 11 is 0. The molecule has 1 atom stereocenters. The summed E-state index contributed by atoms with van der Waals surface area (Å²) in [5.74, 6) is -1.00. The SMILES string of the molecule is CCC(c1ccc(F)cc1F)N1CCN(C(=O)C2(N)CCCC2)CC1.Cl.Cl. The van der Waals surface area contributed by atoms with E-state index in [4.69, 9.17) is 5.73 Å². The summed E-state index contributed by atoms with van der Waals surface area (Å²) in [4.78, 5) is 16.7. The van der Waals surface area contributed by atoms with Gasteiger partial charge in [0.1, 0.15) is 11.6 Å². The zero-order chi connectivity index (χ0) is 18.0. The summed E-state index contributed by atoms with van der Waals surface area (Å²) in [6.07, 6.45) is 4.31. The van der Waals surface area contributed by atoms with Gasteiger partial charge in [0.25, 0.3) is 0 Å². The second-order valence-corrected chi connectivity index (χ2v) is 7.28. The highest BCUT2D eigenvalue weighted by Crippen LogP contribution is 2.31. The predicted octanol–water partition coefficient (Wildman–Crippen LogP) is 3.68. The second kappa shape index (κ2) is 10.0. The number of piperazine rings is 1. The molecular weight excluding hydrogens is 395 g/mol. The Hall–Kier alpha value is -0.950. The lowest BCUT2D eigenvalue weighted by molar-refractivity contribution is -0.139. The highest BCUT2D eigenvalue weighted by Gasteiger charge is 2.41. The minimum Gasteiger partial charge on any atom is -0.339 e. The number of benzene rings is 1. The topological polar surface area (TPSA) is 49.6 Å². The second-order valence-electron chi connectivity index (χ2n) is 7.28. The molecule has 2 aliphatic rings. The van der Waals surface area contributed by atoms with Crippen molar-refractivity contribution in [3.8, 4) is 0 Å². The number of hydrogen-bond donors (Lipinski definition) is 1. The highest BCUT2D eigenvalue weighted by molar-refractivity contribution is 5.86. The fourth-order valence-corrected chi connectivity index (χ4v) is 4.22. The summed E-state index contributed by atoms with van der Waals surface area (Å²) < 4.78 is 27.3. The van der Waals surface area contributed by atoms with E-state index in [0.717, 1.165) is 38.2 Å². The molecule has 1 heterocycles. The van der Waals surface area contributed by atoms with Crippen LogP contribution in [-0.2, 0) is 4.79 Å². The highest BCUT2D eigenvalue weighted by atomic mass is 35.5. The van der Waals surface area contributed by atoms with Crippen molar-refractivity contribution in [3.05, 3.63) is 35.4 Å². The number of amides is 1. The van der Waals surface area contributed by atoms with E-state index in [9.17, 15) is 13.6 Å². The Morgan fingerprint density at radius 1 is 1.15 bits per heavy atom. The predicted molar refractivity (Wildman–Crippen MR) is 107 cm³/mol. The number of halogens is 4. The van der Waals surface area contributed by atoms with Crippen LogP contribution in [0.1, 0.15) is 50.6 Å². The van der Waals surface area contributed by atoms with Crippen LogP contribution in [-0.4, -0.2) is 47.4 Å². The minimum absolute atomic E-state index is 0. The monoisotopic (exact) mass is 423 g/mol. The van der Waals surface area contributed by atoms with Crippen LogP contribution in [0, 0.1) is 11.6 Å². The quantitative estimate of drug-likeness (QED) is 0.803. The molecule has 0 radical (unpaired) electrons. The first-order valence-electron chi connectivity index (χ1n) is 9.22. The number of nitrogens with zero attached hydrogens (tertiary/aromatic N) is 2. The lowest BCUT2D eigenvalue weighted by Gasteiger charge is -2.41. The number of rotatable bonds is 4. The van der Waals surface area contributed by atoms with Crippen molar-refractivity contribution >= 4 is 30.7 Å². The van der Waals surface area contributed by atoms with Crippen LogP contribution < -0.4 is 5.73 Å². The maximum atomic E-state index is 14.2. The van der Waals surface area contributed by atoms with Gasteiger partial charge in [-0.2, -0.15) is 0 Å². The summed E-state index contributed by atoms with van der Waals surface area (Å²) in [5, 5.41) is 0. The van der Waals surface area contributed by atoms with Gasteiger partial charge in [-0.15, -0.1) is 24.8 Å². The molecule has 0 aromatic heterocycles. The zero-order valence-corrected chi connectivity index (χ0v) is 17.3. The van der Waals surface area contributed by atoms with Crippen molar-refractivity contribution in [2.75, 3.05) is 26.2 Å². The van der Waals surface area contributed by atoms with Crippen LogP contribution in [0.15, 0.2) is 18.2 Å². The number of carbonyl (C=O) groups is 1. The van der Waals surface area contributed by atoms with Gasteiger partial charge in [0.05, 0.1) is 5.54 Å². The molecule has 1 amide bonds. The smallest absolute Gasteiger partial charge is 0.242 e. The number of nitrogens with two attached hydrogens (primary N) is 1. The van der Waals surface area contributed by atoms with Crippen molar-refractivity contribution in [1.82, 2.24) is 9.80 Å². The van der Waals surface area contributed by atoms with Gasteiger partial charge < -0.3 is 10.6 Å². The molecule has 154 valence electrons. The largest absolute Gasteiger partial charge is 0.339 e. The Bertz CT molecular complexity index is 633. The summed E-state index contributed by atoms with van der Waals surface area (Å²) in [6.45, 7) is 4.57. The Balaban J connectivity index is 0.00000182. The summed E-state index contributed by atoms with van der Waals surface area (Å²) in [6, 6.07) is 3.68. The van der Waals surface area contributed by atoms with Crippen LogP contribution >= 0.6 is 24.8 Å². The maximum absolute atomic E-state index is 14.2. The van der Waals surface area contributed by atoms with Crippen LogP contribution in [0.5, 0.6) is 0 Å². The Labute approximate surface area is 172 Å². The van der Waals surface area contributed by atoms with E-state index in [1.54, 1.807) is 0 Å². The van der Waals surface area contributed by atoms with Gasteiger partial charge in [-0.05, 0) is 25.3 Å². The van der Waals surface area contributed by atoms with Crippen molar-refractivity contribution in [3.63, 3.8) is 0 Å².